The molecule has 6 heteroatoms. The van der Waals surface area contributed by atoms with Crippen LogP contribution in [-0.2, 0) is 0 Å². The first-order valence-electron chi connectivity index (χ1n) is 6.64. The van der Waals surface area contributed by atoms with E-state index in [9.17, 15) is 0 Å². The van der Waals surface area contributed by atoms with Gasteiger partial charge in [-0.15, -0.1) is 0 Å². The number of benzene rings is 1. The molecule has 0 radical (unpaired) electrons. The zero-order chi connectivity index (χ0) is 15.0. The number of hydrogen-bond donors (Lipinski definition) is 1. The lowest BCUT2D eigenvalue weighted by atomic mass is 10.1. The average molecular weight is 302 g/mol. The number of nitrogens with zero attached hydrogens (tertiary/aromatic N) is 4. The minimum atomic E-state index is 0.0495. The molecule has 21 heavy (non-hydrogen) atoms. The fraction of sp³-hybridized carbons (Fsp3) is 0.200. The average Bonchev–Trinajstić information content (AvgIpc) is 2.93. The molecule has 5 nitrogen and oxygen atoms in total. The maximum Gasteiger partial charge on any atom is 0.180 e. The molecular formula is C15H16ClN5. The summed E-state index contributed by atoms with van der Waals surface area (Å²) >= 11 is 6.29. The van der Waals surface area contributed by atoms with Crippen LogP contribution in [0.4, 0.5) is 11.6 Å². The number of halogens is 1. The lowest BCUT2D eigenvalue weighted by molar-refractivity contribution is 0.729. The van der Waals surface area contributed by atoms with E-state index < -0.39 is 0 Å². The summed E-state index contributed by atoms with van der Waals surface area (Å²) in [4.78, 5) is 10.8. The van der Waals surface area contributed by atoms with E-state index in [1.807, 2.05) is 46.8 Å². The minimum absolute atomic E-state index is 0.0495. The number of fused-ring (bicyclic) bond motifs is 1. The number of imidazole rings is 1. The molecule has 0 aliphatic rings. The maximum absolute atomic E-state index is 6.29. The number of aromatic nitrogens is 3. The third-order valence-electron chi connectivity index (χ3n) is 3.65. The smallest absolute Gasteiger partial charge is 0.180 e. The molecule has 0 aliphatic carbocycles. The van der Waals surface area contributed by atoms with E-state index in [2.05, 4.69) is 16.9 Å². The predicted molar refractivity (Wildman–Crippen MR) is 85.7 cm³/mol. The van der Waals surface area contributed by atoms with Crippen LogP contribution in [0.1, 0.15) is 18.5 Å². The van der Waals surface area contributed by atoms with Gasteiger partial charge in [-0.1, -0.05) is 29.8 Å². The second kappa shape index (κ2) is 5.26. The Balaban J connectivity index is 2.06. The quantitative estimate of drug-likeness (QED) is 0.807. The van der Waals surface area contributed by atoms with E-state index in [-0.39, 0.29) is 6.04 Å². The van der Waals surface area contributed by atoms with Gasteiger partial charge >= 0.3 is 0 Å². The topological polar surface area (TPSA) is 59.5 Å². The summed E-state index contributed by atoms with van der Waals surface area (Å²) in [5, 5.41) is 0.736. The Morgan fingerprint density at radius 3 is 2.86 bits per heavy atom. The third kappa shape index (κ3) is 2.40. The van der Waals surface area contributed by atoms with E-state index in [1.165, 1.54) is 0 Å². The zero-order valence-electron chi connectivity index (χ0n) is 11.9. The van der Waals surface area contributed by atoms with E-state index in [0.717, 1.165) is 22.1 Å². The molecule has 108 valence electrons. The lowest BCUT2D eigenvalue weighted by Gasteiger charge is -2.27. The summed E-state index contributed by atoms with van der Waals surface area (Å²) < 4.78 is 1.87. The van der Waals surface area contributed by atoms with Gasteiger partial charge < -0.3 is 15.0 Å². The summed E-state index contributed by atoms with van der Waals surface area (Å²) in [6.07, 6.45) is 5.33. The zero-order valence-corrected chi connectivity index (χ0v) is 12.6. The Bertz CT molecular complexity index is 783. The molecule has 0 spiro atoms. The van der Waals surface area contributed by atoms with Crippen LogP contribution in [0.2, 0.25) is 5.02 Å². The van der Waals surface area contributed by atoms with Crippen LogP contribution in [0.15, 0.2) is 42.9 Å². The van der Waals surface area contributed by atoms with Gasteiger partial charge in [-0.2, -0.15) is 0 Å². The maximum atomic E-state index is 6.29. The highest BCUT2D eigenvalue weighted by molar-refractivity contribution is 6.31. The Morgan fingerprint density at radius 2 is 2.10 bits per heavy atom. The summed E-state index contributed by atoms with van der Waals surface area (Å²) in [5.41, 5.74) is 7.68. The molecule has 0 saturated carbocycles. The number of nitrogen functional groups attached to an aromatic ring is 1. The SMILES string of the molecule is CC(c1ccccc1Cl)N(C)c1nc(N)cn2ccnc12. The molecule has 0 fully saturated rings. The van der Waals surface area contributed by atoms with Crippen LogP contribution in [0.3, 0.4) is 0 Å². The number of anilines is 2. The largest absolute Gasteiger partial charge is 0.382 e. The predicted octanol–water partition coefficient (Wildman–Crippen LogP) is 3.16. The molecule has 0 aliphatic heterocycles. The monoisotopic (exact) mass is 301 g/mol. The minimum Gasteiger partial charge on any atom is -0.382 e. The van der Waals surface area contributed by atoms with Crippen molar-refractivity contribution < 1.29 is 0 Å². The third-order valence-corrected chi connectivity index (χ3v) is 3.99. The molecule has 1 unspecified atom stereocenters. The first-order chi connectivity index (χ1) is 10.1. The lowest BCUT2D eigenvalue weighted by Crippen LogP contribution is -2.24. The molecular weight excluding hydrogens is 286 g/mol. The molecule has 0 bridgehead atoms. The van der Waals surface area contributed by atoms with Crippen molar-refractivity contribution >= 4 is 28.9 Å². The van der Waals surface area contributed by atoms with Crippen molar-refractivity contribution in [3.05, 3.63) is 53.4 Å². The van der Waals surface area contributed by atoms with Crippen molar-refractivity contribution in [1.82, 2.24) is 14.4 Å². The van der Waals surface area contributed by atoms with Gasteiger partial charge in [-0.3, -0.25) is 0 Å². The highest BCUT2D eigenvalue weighted by Gasteiger charge is 2.19. The summed E-state index contributed by atoms with van der Waals surface area (Å²) in [6.45, 7) is 2.07. The molecule has 0 amide bonds. The highest BCUT2D eigenvalue weighted by atomic mass is 35.5. The summed E-state index contributed by atoms with van der Waals surface area (Å²) in [6, 6.07) is 7.85. The normalized spacial score (nSPS) is 12.5. The van der Waals surface area contributed by atoms with Crippen LogP contribution in [0.5, 0.6) is 0 Å². The molecule has 2 aromatic heterocycles. The van der Waals surface area contributed by atoms with Crippen molar-refractivity contribution in [3.8, 4) is 0 Å². The van der Waals surface area contributed by atoms with Crippen molar-refractivity contribution in [3.63, 3.8) is 0 Å². The fourth-order valence-electron chi connectivity index (χ4n) is 2.38. The van der Waals surface area contributed by atoms with Gasteiger partial charge in [0.1, 0.15) is 5.82 Å². The van der Waals surface area contributed by atoms with Gasteiger partial charge in [-0.25, -0.2) is 9.97 Å². The number of hydrogen-bond acceptors (Lipinski definition) is 4. The van der Waals surface area contributed by atoms with Gasteiger partial charge in [-0.05, 0) is 18.6 Å². The molecule has 2 heterocycles. The van der Waals surface area contributed by atoms with Crippen LogP contribution in [-0.4, -0.2) is 21.4 Å². The molecule has 1 atom stereocenters. The van der Waals surface area contributed by atoms with E-state index in [4.69, 9.17) is 17.3 Å². The second-order valence-electron chi connectivity index (χ2n) is 4.96. The van der Waals surface area contributed by atoms with E-state index in [1.54, 1.807) is 12.4 Å². The van der Waals surface area contributed by atoms with Gasteiger partial charge in [0, 0.05) is 24.5 Å². The van der Waals surface area contributed by atoms with Crippen LogP contribution >= 0.6 is 11.6 Å². The Hall–Kier alpha value is -2.27. The molecule has 3 aromatic rings. The molecule has 2 N–H and O–H groups in total. The van der Waals surface area contributed by atoms with Crippen LogP contribution < -0.4 is 10.6 Å². The van der Waals surface area contributed by atoms with Gasteiger partial charge in [0.25, 0.3) is 0 Å². The number of nitrogens with two attached hydrogens (primary N) is 1. The van der Waals surface area contributed by atoms with Crippen LogP contribution in [0, 0.1) is 0 Å². The van der Waals surface area contributed by atoms with E-state index >= 15 is 0 Å². The molecule has 3 rings (SSSR count). The van der Waals surface area contributed by atoms with Gasteiger partial charge in [0.05, 0.1) is 12.2 Å². The van der Waals surface area contributed by atoms with Gasteiger partial charge in [0.15, 0.2) is 11.5 Å². The molecule has 1 aromatic carbocycles. The van der Waals surface area contributed by atoms with Crippen LogP contribution in [0.25, 0.3) is 5.65 Å². The second-order valence-corrected chi connectivity index (χ2v) is 5.36. The van der Waals surface area contributed by atoms with E-state index in [0.29, 0.717) is 5.82 Å². The van der Waals surface area contributed by atoms with Crippen molar-refractivity contribution in [2.45, 2.75) is 13.0 Å². The number of rotatable bonds is 3. The Morgan fingerprint density at radius 1 is 1.33 bits per heavy atom. The standard InChI is InChI=1S/C15H16ClN5/c1-10(11-5-3-4-6-12(11)16)20(2)15-14-18-7-8-21(14)9-13(17)19-15/h3-10H,17H2,1-2H3. The first-order valence-corrected chi connectivity index (χ1v) is 7.02. The highest BCUT2D eigenvalue weighted by Crippen LogP contribution is 2.30. The first kappa shape index (κ1) is 13.7. The Labute approximate surface area is 128 Å². The van der Waals surface area contributed by atoms with Crippen molar-refractivity contribution in [2.75, 3.05) is 17.7 Å². The van der Waals surface area contributed by atoms with Crippen molar-refractivity contribution in [2.24, 2.45) is 0 Å². The summed E-state index contributed by atoms with van der Waals surface area (Å²) in [5.74, 6) is 1.18. The fourth-order valence-corrected chi connectivity index (χ4v) is 2.67. The van der Waals surface area contributed by atoms with Crippen molar-refractivity contribution in [1.29, 1.82) is 0 Å². The van der Waals surface area contributed by atoms with Gasteiger partial charge in [0.2, 0.25) is 0 Å². The Kier molecular flexibility index (Phi) is 3.43. The molecule has 0 saturated heterocycles. The summed E-state index contributed by atoms with van der Waals surface area (Å²) in [7, 11) is 1.96.